The second-order valence-corrected chi connectivity index (χ2v) is 10.7. The van der Waals surface area contributed by atoms with Gasteiger partial charge in [0.1, 0.15) is 22.8 Å². The van der Waals surface area contributed by atoms with Crippen LogP contribution in [-0.2, 0) is 14.3 Å². The molecule has 0 radical (unpaired) electrons. The molecule has 0 saturated heterocycles. The van der Waals surface area contributed by atoms with E-state index in [9.17, 15) is 19.5 Å². The number of carbonyl (C=O) groups is 3. The van der Waals surface area contributed by atoms with Gasteiger partial charge in [-0.1, -0.05) is 34.1 Å². The van der Waals surface area contributed by atoms with Gasteiger partial charge in [-0.3, -0.25) is 4.79 Å². The van der Waals surface area contributed by atoms with Gasteiger partial charge in [-0.2, -0.15) is 0 Å². The predicted molar refractivity (Wildman–Crippen MR) is 132 cm³/mol. The molecule has 2 amide bonds. The van der Waals surface area contributed by atoms with Crippen LogP contribution in [0.15, 0.2) is 5.38 Å². The Morgan fingerprint density at radius 1 is 1.21 bits per heavy atom. The Hall–Kier alpha value is -2.20. The molecule has 1 aromatic heterocycles. The zero-order chi connectivity index (χ0) is 26.2. The van der Waals surface area contributed by atoms with E-state index < -0.39 is 29.8 Å². The summed E-state index contributed by atoms with van der Waals surface area (Å²) in [6, 6.07) is -1.09. The molecule has 0 aliphatic carbocycles. The monoisotopic (exact) mass is 499 g/mol. The van der Waals surface area contributed by atoms with Crippen molar-refractivity contribution in [1.29, 1.82) is 0 Å². The number of ether oxygens (including phenoxy) is 2. The summed E-state index contributed by atoms with van der Waals surface area (Å²) in [7, 11) is 1.68. The number of likely N-dealkylation sites (N-methyl/N-ethyl adjacent to an activating group) is 1. The minimum atomic E-state index is -0.961. The first-order valence-electron chi connectivity index (χ1n) is 11.8. The summed E-state index contributed by atoms with van der Waals surface area (Å²) in [5.74, 6) is -0.884. The number of aliphatic hydroxyl groups is 1. The number of amides is 2. The molecule has 2 N–H and O–H groups in total. The van der Waals surface area contributed by atoms with Gasteiger partial charge in [0.2, 0.25) is 5.91 Å². The Morgan fingerprint density at radius 2 is 1.82 bits per heavy atom. The molecular weight excluding hydrogens is 458 g/mol. The van der Waals surface area contributed by atoms with Crippen LogP contribution < -0.4 is 5.32 Å². The molecule has 34 heavy (non-hydrogen) atoms. The molecular formula is C24H41N3O6S. The molecule has 1 heterocycles. The quantitative estimate of drug-likeness (QED) is 0.439. The summed E-state index contributed by atoms with van der Waals surface area (Å²) < 4.78 is 10.3. The third kappa shape index (κ3) is 8.87. The Bertz CT molecular complexity index is 820. The van der Waals surface area contributed by atoms with E-state index in [1.807, 2.05) is 27.7 Å². The number of aliphatic hydroxyl groups excluding tert-OH is 1. The lowest BCUT2D eigenvalue weighted by molar-refractivity contribution is -0.137. The van der Waals surface area contributed by atoms with E-state index in [1.165, 1.54) is 11.3 Å². The number of thiazole rings is 1. The lowest BCUT2D eigenvalue weighted by Crippen LogP contribution is -2.54. The van der Waals surface area contributed by atoms with Crippen molar-refractivity contribution in [1.82, 2.24) is 15.2 Å². The van der Waals surface area contributed by atoms with Crippen LogP contribution in [0.1, 0.15) is 89.8 Å². The van der Waals surface area contributed by atoms with E-state index >= 15 is 0 Å². The largest absolute Gasteiger partial charge is 0.461 e. The summed E-state index contributed by atoms with van der Waals surface area (Å²) in [6.45, 7) is 15.0. The number of rotatable bonds is 11. The number of esters is 1. The Morgan fingerprint density at radius 3 is 2.32 bits per heavy atom. The van der Waals surface area contributed by atoms with Crippen LogP contribution in [0.4, 0.5) is 4.79 Å². The van der Waals surface area contributed by atoms with Gasteiger partial charge < -0.3 is 24.8 Å². The molecule has 1 aromatic rings. The highest BCUT2D eigenvalue weighted by molar-refractivity contribution is 7.09. The predicted octanol–water partition coefficient (Wildman–Crippen LogP) is 4.17. The van der Waals surface area contributed by atoms with Gasteiger partial charge >= 0.3 is 12.1 Å². The van der Waals surface area contributed by atoms with Crippen molar-refractivity contribution in [2.75, 3.05) is 13.7 Å². The number of aromatic nitrogens is 1. The van der Waals surface area contributed by atoms with Gasteiger partial charge in [-0.05, 0) is 39.5 Å². The Labute approximate surface area is 207 Å². The summed E-state index contributed by atoms with van der Waals surface area (Å²) in [5.41, 5.74) is -0.524. The molecule has 0 aliphatic heterocycles. The number of hydrogen-bond acceptors (Lipinski definition) is 8. The topological polar surface area (TPSA) is 118 Å². The second kappa shape index (κ2) is 13.0. The van der Waals surface area contributed by atoms with Crippen LogP contribution in [0, 0.1) is 11.8 Å². The fourth-order valence-electron chi connectivity index (χ4n) is 3.45. The van der Waals surface area contributed by atoms with Crippen molar-refractivity contribution in [3.05, 3.63) is 16.1 Å². The highest BCUT2D eigenvalue weighted by atomic mass is 32.1. The normalized spacial score (nSPS) is 15.3. The molecule has 0 saturated carbocycles. The zero-order valence-electron chi connectivity index (χ0n) is 21.9. The first kappa shape index (κ1) is 29.8. The minimum Gasteiger partial charge on any atom is -0.461 e. The van der Waals surface area contributed by atoms with Crippen molar-refractivity contribution in [3.8, 4) is 0 Å². The van der Waals surface area contributed by atoms with Gasteiger partial charge in [-0.15, -0.1) is 11.3 Å². The van der Waals surface area contributed by atoms with Crippen molar-refractivity contribution >= 4 is 29.3 Å². The average Bonchev–Trinajstić information content (AvgIpc) is 3.23. The van der Waals surface area contributed by atoms with E-state index in [0.717, 1.165) is 0 Å². The van der Waals surface area contributed by atoms with Crippen LogP contribution in [0.5, 0.6) is 0 Å². The molecule has 194 valence electrons. The van der Waals surface area contributed by atoms with E-state index in [2.05, 4.69) is 10.3 Å². The molecule has 0 fully saturated rings. The van der Waals surface area contributed by atoms with Crippen LogP contribution in [-0.4, -0.2) is 64.3 Å². The molecule has 4 atom stereocenters. The maximum absolute atomic E-state index is 13.5. The van der Waals surface area contributed by atoms with Crippen molar-refractivity contribution < 1.29 is 29.0 Å². The molecule has 0 aromatic carbocycles. The molecule has 1 rings (SSSR count). The summed E-state index contributed by atoms with van der Waals surface area (Å²) in [5, 5.41) is 15.5. The number of hydrogen-bond donors (Lipinski definition) is 2. The molecule has 9 nitrogen and oxygen atoms in total. The van der Waals surface area contributed by atoms with Crippen molar-refractivity contribution in [2.45, 2.75) is 92.0 Å². The Kier molecular flexibility index (Phi) is 11.4. The highest BCUT2D eigenvalue weighted by Crippen LogP contribution is 2.28. The summed E-state index contributed by atoms with van der Waals surface area (Å²) in [6.07, 6.45) is -0.688. The third-order valence-corrected chi connectivity index (χ3v) is 6.47. The first-order valence-corrected chi connectivity index (χ1v) is 12.7. The fourth-order valence-corrected chi connectivity index (χ4v) is 4.23. The number of nitrogens with one attached hydrogen (secondary N) is 1. The number of carbonyl (C=O) groups excluding carboxylic acids is 3. The van der Waals surface area contributed by atoms with Gasteiger partial charge in [-0.25, -0.2) is 14.6 Å². The first-order chi connectivity index (χ1) is 15.7. The van der Waals surface area contributed by atoms with Gasteiger partial charge in [0, 0.05) is 24.9 Å². The zero-order valence-corrected chi connectivity index (χ0v) is 22.7. The summed E-state index contributed by atoms with van der Waals surface area (Å²) in [4.78, 5) is 43.6. The highest BCUT2D eigenvalue weighted by Gasteiger charge is 2.35. The molecule has 0 spiro atoms. The van der Waals surface area contributed by atoms with Crippen molar-refractivity contribution in [3.63, 3.8) is 0 Å². The molecule has 0 aliphatic rings. The molecule has 0 unspecified atom stereocenters. The lowest BCUT2D eigenvalue weighted by atomic mass is 9.93. The second-order valence-electron chi connectivity index (χ2n) is 9.81. The van der Waals surface area contributed by atoms with E-state index in [-0.39, 0.29) is 42.5 Å². The van der Waals surface area contributed by atoms with Gasteiger partial charge in [0.25, 0.3) is 0 Å². The van der Waals surface area contributed by atoms with Crippen LogP contribution in [0.25, 0.3) is 0 Å². The SMILES string of the molecule is CCOC(=O)c1csc([C@@H](O)C[C@H](C(C)C)N(C)C(=O)[C@@H](NC(=O)OC(C)(C)C)[C@@H](C)CC)n1. The summed E-state index contributed by atoms with van der Waals surface area (Å²) >= 11 is 1.18. The van der Waals surface area contributed by atoms with E-state index in [0.29, 0.717) is 11.4 Å². The fraction of sp³-hybridized carbons (Fsp3) is 0.750. The minimum absolute atomic E-state index is 0.0206. The van der Waals surface area contributed by atoms with E-state index in [1.54, 1.807) is 45.0 Å². The molecule has 0 bridgehead atoms. The number of nitrogens with zero attached hydrogens (tertiary/aromatic N) is 2. The lowest BCUT2D eigenvalue weighted by Gasteiger charge is -2.36. The standard InChI is InChI=1S/C24H41N3O6S/c1-10-15(5)19(26-23(31)33-24(6,7)8)21(29)27(9)17(14(3)4)12-18(28)20-25-16(13-34-20)22(30)32-11-2/h13-15,17-19,28H,10-12H2,1-9H3,(H,26,31)/t15-,17+,18-,19-/m0/s1. The number of alkyl carbamates (subject to hydrolysis) is 1. The van der Waals surface area contributed by atoms with Crippen LogP contribution >= 0.6 is 11.3 Å². The van der Waals surface area contributed by atoms with Crippen LogP contribution in [0.3, 0.4) is 0 Å². The molecule has 10 heteroatoms. The Balaban J connectivity index is 3.02. The van der Waals surface area contributed by atoms with Gasteiger partial charge in [0.15, 0.2) is 5.69 Å². The maximum atomic E-state index is 13.5. The average molecular weight is 500 g/mol. The van der Waals surface area contributed by atoms with E-state index in [4.69, 9.17) is 9.47 Å². The van der Waals surface area contributed by atoms with Gasteiger partial charge in [0.05, 0.1) is 6.61 Å². The van der Waals surface area contributed by atoms with Crippen molar-refractivity contribution in [2.24, 2.45) is 11.8 Å². The third-order valence-electron chi connectivity index (χ3n) is 5.52. The van der Waals surface area contributed by atoms with Crippen LogP contribution in [0.2, 0.25) is 0 Å². The maximum Gasteiger partial charge on any atom is 0.408 e. The smallest absolute Gasteiger partial charge is 0.408 e.